The van der Waals surface area contributed by atoms with E-state index < -0.39 is 5.97 Å². The number of benzene rings is 1. The maximum atomic E-state index is 11.2. The molecule has 0 bridgehead atoms. The van der Waals surface area contributed by atoms with Crippen molar-refractivity contribution in [2.75, 3.05) is 6.07 Å². The third kappa shape index (κ3) is 2.29. The lowest BCUT2D eigenvalue weighted by Crippen LogP contribution is -2.06. The van der Waals surface area contributed by atoms with Gasteiger partial charge >= 0.3 is 5.97 Å². The minimum absolute atomic E-state index is 0.216. The quantitative estimate of drug-likeness (QED) is 0.423. The molecule has 0 aromatic heterocycles. The molecule has 0 atom stereocenters. The van der Waals surface area contributed by atoms with Crippen LogP contribution in [0.4, 0.5) is 0 Å². The van der Waals surface area contributed by atoms with Crippen LogP contribution in [0.25, 0.3) is 0 Å². The topological polar surface area (TPSA) is 43.4 Å². The van der Waals surface area contributed by atoms with Gasteiger partial charge in [0.2, 0.25) is 0 Å². The molecule has 0 saturated carbocycles. The fraction of sp³-hybridized carbons (Fsp3) is 0.111. The SMILES string of the molecule is O=Cc1ccccc1C(=O)OCCl. The third-order valence-electron chi connectivity index (χ3n) is 1.49. The standard InChI is InChI=1S/C9H7ClO3/c10-6-13-9(12)8-4-2-1-3-7(8)5-11/h1-5H,6H2. The number of ether oxygens (including phenoxy) is 1. The summed E-state index contributed by atoms with van der Waals surface area (Å²) in [5.74, 6) is -0.585. The van der Waals surface area contributed by atoms with Crippen LogP contribution in [0.5, 0.6) is 0 Å². The number of carbonyl (C=O) groups is 2. The summed E-state index contributed by atoms with van der Waals surface area (Å²) in [5, 5.41) is 0. The Labute approximate surface area is 80.3 Å². The Kier molecular flexibility index (Phi) is 3.46. The van der Waals surface area contributed by atoms with Crippen molar-refractivity contribution in [3.63, 3.8) is 0 Å². The van der Waals surface area contributed by atoms with Crippen molar-refractivity contribution in [3.8, 4) is 0 Å². The second-order valence-electron chi connectivity index (χ2n) is 2.25. The number of alkyl halides is 1. The number of carbonyl (C=O) groups excluding carboxylic acids is 2. The van der Waals surface area contributed by atoms with Crippen LogP contribution in [0.3, 0.4) is 0 Å². The van der Waals surface area contributed by atoms with Crippen molar-refractivity contribution in [1.82, 2.24) is 0 Å². The van der Waals surface area contributed by atoms with Crippen molar-refractivity contribution in [1.29, 1.82) is 0 Å². The van der Waals surface area contributed by atoms with Gasteiger partial charge in [0, 0.05) is 5.56 Å². The van der Waals surface area contributed by atoms with Gasteiger partial charge in [-0.3, -0.25) is 4.79 Å². The van der Waals surface area contributed by atoms with Gasteiger partial charge in [0.25, 0.3) is 0 Å². The number of rotatable bonds is 3. The van der Waals surface area contributed by atoms with Gasteiger partial charge in [0.15, 0.2) is 12.4 Å². The minimum Gasteiger partial charge on any atom is -0.446 e. The molecule has 0 spiro atoms. The Bertz CT molecular complexity index is 322. The van der Waals surface area contributed by atoms with Crippen LogP contribution in [0.15, 0.2) is 24.3 Å². The van der Waals surface area contributed by atoms with Gasteiger partial charge in [-0.1, -0.05) is 29.8 Å². The highest BCUT2D eigenvalue weighted by atomic mass is 35.5. The summed E-state index contributed by atoms with van der Waals surface area (Å²) in [5.41, 5.74) is 0.538. The van der Waals surface area contributed by atoms with Crippen molar-refractivity contribution in [2.24, 2.45) is 0 Å². The van der Waals surface area contributed by atoms with E-state index in [1.807, 2.05) is 0 Å². The average Bonchev–Trinajstić information content (AvgIpc) is 2.18. The second-order valence-corrected chi connectivity index (χ2v) is 2.46. The van der Waals surface area contributed by atoms with E-state index in [2.05, 4.69) is 4.74 Å². The lowest BCUT2D eigenvalue weighted by Gasteiger charge is -2.02. The Morgan fingerprint density at radius 1 is 1.46 bits per heavy atom. The maximum Gasteiger partial charge on any atom is 0.340 e. The summed E-state index contributed by atoms with van der Waals surface area (Å²) in [7, 11) is 0. The number of esters is 1. The van der Waals surface area contributed by atoms with E-state index in [-0.39, 0.29) is 11.6 Å². The summed E-state index contributed by atoms with van der Waals surface area (Å²) >= 11 is 5.21. The van der Waals surface area contributed by atoms with Gasteiger partial charge in [0.05, 0.1) is 5.56 Å². The van der Waals surface area contributed by atoms with Crippen LogP contribution in [0.1, 0.15) is 20.7 Å². The predicted octanol–water partition coefficient (Wildman–Crippen LogP) is 1.85. The highest BCUT2D eigenvalue weighted by Gasteiger charge is 2.10. The van der Waals surface area contributed by atoms with Gasteiger partial charge < -0.3 is 4.74 Å². The Balaban J connectivity index is 2.98. The molecular formula is C9H7ClO3. The summed E-state index contributed by atoms with van der Waals surface area (Å²) in [4.78, 5) is 21.7. The van der Waals surface area contributed by atoms with Crippen LogP contribution in [-0.4, -0.2) is 18.3 Å². The first-order chi connectivity index (χ1) is 6.29. The normalized spacial score (nSPS) is 9.31. The minimum atomic E-state index is -0.585. The second kappa shape index (κ2) is 4.62. The molecule has 1 aromatic carbocycles. The maximum absolute atomic E-state index is 11.2. The summed E-state index contributed by atoms with van der Waals surface area (Å²) in [6.45, 7) is 0. The molecule has 0 saturated heterocycles. The molecule has 13 heavy (non-hydrogen) atoms. The zero-order chi connectivity index (χ0) is 9.68. The molecule has 0 N–H and O–H groups in total. The van der Waals surface area contributed by atoms with E-state index in [1.165, 1.54) is 12.1 Å². The third-order valence-corrected chi connectivity index (χ3v) is 1.60. The molecule has 0 aliphatic carbocycles. The predicted molar refractivity (Wildman–Crippen MR) is 48.0 cm³/mol. The summed E-state index contributed by atoms with van der Waals surface area (Å²) in [6, 6.07) is 6.15. The molecule has 0 aliphatic heterocycles. The molecule has 0 radical (unpaired) electrons. The number of hydrogen-bond donors (Lipinski definition) is 0. The Morgan fingerprint density at radius 2 is 2.15 bits per heavy atom. The summed E-state index contributed by atoms with van der Waals surface area (Å²) < 4.78 is 4.54. The Morgan fingerprint density at radius 3 is 2.77 bits per heavy atom. The fourth-order valence-electron chi connectivity index (χ4n) is 0.913. The van der Waals surface area contributed by atoms with E-state index in [9.17, 15) is 9.59 Å². The van der Waals surface area contributed by atoms with E-state index in [0.29, 0.717) is 11.8 Å². The van der Waals surface area contributed by atoms with Crippen molar-refractivity contribution < 1.29 is 14.3 Å². The van der Waals surface area contributed by atoms with Crippen molar-refractivity contribution in [2.45, 2.75) is 0 Å². The number of halogens is 1. The van der Waals surface area contributed by atoms with Crippen LogP contribution in [0.2, 0.25) is 0 Å². The highest BCUT2D eigenvalue weighted by molar-refractivity contribution is 6.17. The van der Waals surface area contributed by atoms with Gasteiger partial charge in [-0.15, -0.1) is 0 Å². The van der Waals surface area contributed by atoms with E-state index >= 15 is 0 Å². The first-order valence-corrected chi connectivity index (χ1v) is 4.10. The van der Waals surface area contributed by atoms with Gasteiger partial charge in [-0.2, -0.15) is 0 Å². The molecule has 0 unspecified atom stereocenters. The van der Waals surface area contributed by atoms with Crippen molar-refractivity contribution >= 4 is 23.9 Å². The van der Waals surface area contributed by atoms with Crippen LogP contribution >= 0.6 is 11.6 Å². The first kappa shape index (κ1) is 9.74. The van der Waals surface area contributed by atoms with E-state index in [0.717, 1.165) is 0 Å². The van der Waals surface area contributed by atoms with Crippen molar-refractivity contribution in [3.05, 3.63) is 35.4 Å². The lowest BCUT2D eigenvalue weighted by atomic mass is 10.1. The first-order valence-electron chi connectivity index (χ1n) is 3.57. The molecule has 0 heterocycles. The average molecular weight is 199 g/mol. The molecule has 68 valence electrons. The highest BCUT2D eigenvalue weighted by Crippen LogP contribution is 2.07. The van der Waals surface area contributed by atoms with E-state index in [1.54, 1.807) is 12.1 Å². The lowest BCUT2D eigenvalue weighted by molar-refractivity contribution is 0.0572. The van der Waals surface area contributed by atoms with Crippen LogP contribution < -0.4 is 0 Å². The van der Waals surface area contributed by atoms with Gasteiger partial charge in [-0.05, 0) is 6.07 Å². The number of aldehydes is 1. The largest absolute Gasteiger partial charge is 0.446 e. The molecule has 4 heteroatoms. The monoisotopic (exact) mass is 198 g/mol. The van der Waals surface area contributed by atoms with Crippen LogP contribution in [-0.2, 0) is 4.74 Å². The fourth-order valence-corrected chi connectivity index (χ4v) is 1.01. The molecule has 0 fully saturated rings. The molecule has 1 rings (SSSR count). The van der Waals surface area contributed by atoms with E-state index in [4.69, 9.17) is 11.6 Å². The molecule has 0 aliphatic rings. The van der Waals surface area contributed by atoms with Crippen LogP contribution in [0, 0.1) is 0 Å². The smallest absolute Gasteiger partial charge is 0.340 e. The summed E-state index contributed by atoms with van der Waals surface area (Å²) in [6.07, 6.45) is 0.602. The van der Waals surface area contributed by atoms with Gasteiger partial charge in [0.1, 0.15) is 0 Å². The zero-order valence-electron chi connectivity index (χ0n) is 6.70. The molecular weight excluding hydrogens is 192 g/mol. The molecule has 0 amide bonds. The Hall–Kier alpha value is -1.35. The number of hydrogen-bond acceptors (Lipinski definition) is 3. The molecule has 3 nitrogen and oxygen atoms in total. The molecule has 1 aromatic rings. The van der Waals surface area contributed by atoms with Gasteiger partial charge in [-0.25, -0.2) is 4.79 Å². The zero-order valence-corrected chi connectivity index (χ0v) is 7.45.